The van der Waals surface area contributed by atoms with Crippen LogP contribution in [0.5, 0.6) is 0 Å². The number of anilines is 2. The molecule has 0 unspecified atom stereocenters. The fourth-order valence-corrected chi connectivity index (χ4v) is 2.50. The molecular formula is C15H14F2N2. The standard InChI is InChI=1S/C15H14F2N2/c16-12-4-2-11(14(18)7-12)9-19-6-5-10-1-3-13(17)8-15(10)19/h1-4,7-8H,5-6,9,18H2. The number of hydrogen-bond acceptors (Lipinski definition) is 2. The van der Waals surface area contributed by atoms with Crippen molar-refractivity contribution >= 4 is 11.4 Å². The van der Waals surface area contributed by atoms with Crippen LogP contribution in [-0.4, -0.2) is 6.54 Å². The van der Waals surface area contributed by atoms with Gasteiger partial charge in [0.15, 0.2) is 0 Å². The van der Waals surface area contributed by atoms with Crippen LogP contribution in [-0.2, 0) is 13.0 Å². The summed E-state index contributed by atoms with van der Waals surface area (Å²) in [5.74, 6) is -0.577. The monoisotopic (exact) mass is 260 g/mol. The molecule has 0 spiro atoms. The number of hydrogen-bond donors (Lipinski definition) is 1. The van der Waals surface area contributed by atoms with Crippen LogP contribution < -0.4 is 10.6 Å². The maximum Gasteiger partial charge on any atom is 0.125 e. The molecule has 0 saturated carbocycles. The van der Waals surface area contributed by atoms with E-state index >= 15 is 0 Å². The van der Waals surface area contributed by atoms with Gasteiger partial charge < -0.3 is 10.6 Å². The maximum absolute atomic E-state index is 13.3. The number of halogens is 2. The first-order valence-corrected chi connectivity index (χ1v) is 6.21. The second-order valence-corrected chi connectivity index (χ2v) is 4.79. The predicted octanol–water partition coefficient (Wildman–Crippen LogP) is 3.11. The smallest absolute Gasteiger partial charge is 0.125 e. The Hall–Kier alpha value is -2.10. The second kappa shape index (κ2) is 4.53. The van der Waals surface area contributed by atoms with Crippen molar-refractivity contribution in [2.75, 3.05) is 17.2 Å². The van der Waals surface area contributed by atoms with Gasteiger partial charge in [-0.25, -0.2) is 8.78 Å². The molecule has 0 aliphatic carbocycles. The van der Waals surface area contributed by atoms with Crippen LogP contribution in [0, 0.1) is 11.6 Å². The molecule has 4 heteroatoms. The lowest BCUT2D eigenvalue weighted by Crippen LogP contribution is -2.20. The highest BCUT2D eigenvalue weighted by Crippen LogP contribution is 2.30. The first-order valence-electron chi connectivity index (χ1n) is 6.21. The fraction of sp³-hybridized carbons (Fsp3) is 0.200. The first-order chi connectivity index (χ1) is 9.13. The normalized spacial score (nSPS) is 13.7. The molecule has 2 N–H and O–H groups in total. The Morgan fingerprint density at radius 1 is 1.05 bits per heavy atom. The Bertz CT molecular complexity index is 626. The van der Waals surface area contributed by atoms with E-state index in [0.717, 1.165) is 29.8 Å². The van der Waals surface area contributed by atoms with Crippen molar-refractivity contribution in [2.24, 2.45) is 0 Å². The molecule has 0 bridgehead atoms. The molecule has 0 fully saturated rings. The molecule has 0 saturated heterocycles. The molecular weight excluding hydrogens is 246 g/mol. The van der Waals surface area contributed by atoms with E-state index in [9.17, 15) is 8.78 Å². The average molecular weight is 260 g/mol. The number of benzene rings is 2. The van der Waals surface area contributed by atoms with Gasteiger partial charge in [-0.1, -0.05) is 12.1 Å². The molecule has 0 aromatic heterocycles. The highest BCUT2D eigenvalue weighted by Gasteiger charge is 2.20. The lowest BCUT2D eigenvalue weighted by Gasteiger charge is -2.20. The Labute approximate surface area is 110 Å². The highest BCUT2D eigenvalue weighted by molar-refractivity contribution is 5.60. The van der Waals surface area contributed by atoms with Gasteiger partial charge in [-0.3, -0.25) is 0 Å². The molecule has 3 rings (SSSR count). The van der Waals surface area contributed by atoms with Crippen molar-refractivity contribution < 1.29 is 8.78 Å². The Morgan fingerprint density at radius 3 is 2.58 bits per heavy atom. The zero-order valence-corrected chi connectivity index (χ0v) is 10.4. The van der Waals surface area contributed by atoms with Gasteiger partial charge in [0, 0.05) is 24.5 Å². The van der Waals surface area contributed by atoms with Gasteiger partial charge in [0.1, 0.15) is 11.6 Å². The summed E-state index contributed by atoms with van der Waals surface area (Å²) in [5, 5.41) is 0. The van der Waals surface area contributed by atoms with Crippen LogP contribution in [0.15, 0.2) is 36.4 Å². The van der Waals surface area contributed by atoms with Gasteiger partial charge >= 0.3 is 0 Å². The summed E-state index contributed by atoms with van der Waals surface area (Å²) >= 11 is 0. The highest BCUT2D eigenvalue weighted by atomic mass is 19.1. The van der Waals surface area contributed by atoms with Crippen LogP contribution in [0.25, 0.3) is 0 Å². The van der Waals surface area contributed by atoms with E-state index in [2.05, 4.69) is 4.90 Å². The summed E-state index contributed by atoms with van der Waals surface area (Å²) in [7, 11) is 0. The van der Waals surface area contributed by atoms with E-state index < -0.39 is 0 Å². The molecule has 19 heavy (non-hydrogen) atoms. The second-order valence-electron chi connectivity index (χ2n) is 4.79. The molecule has 1 heterocycles. The van der Waals surface area contributed by atoms with Gasteiger partial charge in [-0.05, 0) is 41.8 Å². The van der Waals surface area contributed by atoms with Gasteiger partial charge in [0.25, 0.3) is 0 Å². The zero-order chi connectivity index (χ0) is 13.4. The first kappa shape index (κ1) is 12.0. The van der Waals surface area contributed by atoms with E-state index in [1.807, 2.05) is 6.07 Å². The minimum absolute atomic E-state index is 0.238. The number of nitrogen functional groups attached to an aromatic ring is 1. The quantitative estimate of drug-likeness (QED) is 0.841. The largest absolute Gasteiger partial charge is 0.398 e. The van der Waals surface area contributed by atoms with Crippen LogP contribution >= 0.6 is 0 Å². The third-order valence-electron chi connectivity index (χ3n) is 3.51. The van der Waals surface area contributed by atoms with Crippen molar-refractivity contribution in [2.45, 2.75) is 13.0 Å². The summed E-state index contributed by atoms with van der Waals surface area (Å²) in [6.07, 6.45) is 0.900. The van der Waals surface area contributed by atoms with Gasteiger partial charge in [-0.15, -0.1) is 0 Å². The molecule has 0 atom stereocenters. The molecule has 0 amide bonds. The summed E-state index contributed by atoms with van der Waals surface area (Å²) in [6.45, 7) is 1.40. The maximum atomic E-state index is 13.3. The van der Waals surface area contributed by atoms with E-state index in [0.29, 0.717) is 12.2 Å². The van der Waals surface area contributed by atoms with Crippen molar-refractivity contribution in [1.29, 1.82) is 0 Å². The van der Waals surface area contributed by atoms with Crippen molar-refractivity contribution in [1.82, 2.24) is 0 Å². The van der Waals surface area contributed by atoms with E-state index in [-0.39, 0.29) is 11.6 Å². The third-order valence-corrected chi connectivity index (χ3v) is 3.51. The minimum atomic E-state index is -0.339. The Kier molecular flexibility index (Phi) is 2.85. The average Bonchev–Trinajstić information content (AvgIpc) is 2.75. The minimum Gasteiger partial charge on any atom is -0.398 e. The van der Waals surface area contributed by atoms with E-state index in [1.54, 1.807) is 12.1 Å². The lowest BCUT2D eigenvalue weighted by atomic mass is 10.1. The van der Waals surface area contributed by atoms with Gasteiger partial charge in [-0.2, -0.15) is 0 Å². The SMILES string of the molecule is Nc1cc(F)ccc1CN1CCc2ccc(F)cc21. The number of fused-ring (bicyclic) bond motifs is 1. The number of nitrogens with two attached hydrogens (primary N) is 1. The molecule has 2 aromatic rings. The predicted molar refractivity (Wildman–Crippen MR) is 72.0 cm³/mol. The van der Waals surface area contributed by atoms with Crippen LogP contribution in [0.3, 0.4) is 0 Å². The van der Waals surface area contributed by atoms with Crippen molar-refractivity contribution in [3.05, 3.63) is 59.2 Å². The molecule has 2 aromatic carbocycles. The number of rotatable bonds is 2. The summed E-state index contributed by atoms with van der Waals surface area (Å²) in [6, 6.07) is 9.24. The summed E-state index contributed by atoms with van der Waals surface area (Å²) in [5.41, 5.74) is 9.15. The van der Waals surface area contributed by atoms with Crippen LogP contribution in [0.4, 0.5) is 20.2 Å². The number of nitrogens with zero attached hydrogens (tertiary/aromatic N) is 1. The molecule has 0 radical (unpaired) electrons. The van der Waals surface area contributed by atoms with E-state index in [4.69, 9.17) is 5.73 Å². The van der Waals surface area contributed by atoms with Gasteiger partial charge in [0.05, 0.1) is 0 Å². The molecule has 98 valence electrons. The van der Waals surface area contributed by atoms with Gasteiger partial charge in [0.2, 0.25) is 0 Å². The Morgan fingerprint density at radius 2 is 1.79 bits per heavy atom. The Balaban J connectivity index is 1.88. The van der Waals surface area contributed by atoms with Crippen LogP contribution in [0.2, 0.25) is 0 Å². The molecule has 2 nitrogen and oxygen atoms in total. The van der Waals surface area contributed by atoms with Crippen molar-refractivity contribution in [3.63, 3.8) is 0 Å². The summed E-state index contributed by atoms with van der Waals surface area (Å²) < 4.78 is 26.3. The molecule has 1 aliphatic heterocycles. The third kappa shape index (κ3) is 2.26. The van der Waals surface area contributed by atoms with E-state index in [1.165, 1.54) is 18.2 Å². The topological polar surface area (TPSA) is 29.3 Å². The lowest BCUT2D eigenvalue weighted by molar-refractivity contribution is 0.627. The summed E-state index contributed by atoms with van der Waals surface area (Å²) in [4.78, 5) is 2.07. The van der Waals surface area contributed by atoms with Crippen LogP contribution in [0.1, 0.15) is 11.1 Å². The zero-order valence-electron chi connectivity index (χ0n) is 10.4. The van der Waals surface area contributed by atoms with Crippen molar-refractivity contribution in [3.8, 4) is 0 Å². The fourth-order valence-electron chi connectivity index (χ4n) is 2.50. The molecule has 1 aliphatic rings.